The van der Waals surface area contributed by atoms with Gasteiger partial charge in [-0.3, -0.25) is 4.79 Å². The van der Waals surface area contributed by atoms with Gasteiger partial charge in [0.05, 0.1) is 25.7 Å². The van der Waals surface area contributed by atoms with Crippen molar-refractivity contribution < 1.29 is 53.4 Å². The molecule has 0 radical (unpaired) electrons. The van der Waals surface area contributed by atoms with Crippen LogP contribution in [0.2, 0.25) is 0 Å². The highest BCUT2D eigenvalue weighted by Gasteiger charge is 2.84. The number of esters is 3. The van der Waals surface area contributed by atoms with Gasteiger partial charge in [-0.1, -0.05) is 26.3 Å². The van der Waals surface area contributed by atoms with E-state index in [0.29, 0.717) is 11.1 Å². The summed E-state index contributed by atoms with van der Waals surface area (Å²) in [4.78, 5) is 52.5. The molecule has 2 heterocycles. The summed E-state index contributed by atoms with van der Waals surface area (Å²) < 4.78 is 22.6. The summed E-state index contributed by atoms with van der Waals surface area (Å²) in [6.45, 7) is 8.52. The predicted molar refractivity (Wildman–Crippen MR) is 132 cm³/mol. The average Bonchev–Trinajstić information content (AvgIpc) is 3.18. The quantitative estimate of drug-likeness (QED) is 0.262. The number of hydrogen-bond donors (Lipinski definition) is 3. The van der Waals surface area contributed by atoms with E-state index in [0.717, 1.165) is 7.11 Å². The van der Waals surface area contributed by atoms with Crippen LogP contribution in [0, 0.1) is 28.6 Å². The van der Waals surface area contributed by atoms with Crippen molar-refractivity contribution in [3.8, 4) is 0 Å². The van der Waals surface area contributed by atoms with Crippen molar-refractivity contribution in [3.63, 3.8) is 0 Å². The Bertz CT molecular complexity index is 1260. The van der Waals surface area contributed by atoms with Crippen LogP contribution in [0.3, 0.4) is 0 Å². The Kier molecular flexibility index (Phi) is 6.17. The third-order valence-electron chi connectivity index (χ3n) is 9.83. The number of Topliss-reactive ketones (excluding diaryl/α,β-unsaturated/α-hetero) is 1. The summed E-state index contributed by atoms with van der Waals surface area (Å²) in [5.74, 6) is -6.19. The Hall–Kier alpha value is -3.02. The standard InChI is InChI=1S/C28H34O11/c1-11(2)12(3)7-17(30)39-20-22-27-10-37-28(22,25(35)36-6)23(33)19(32)21(27)26(5)9-15(29)18(31)13(4)14(26)8-16(27)38-24(20)34/h7,9,11,16,19-23,29,32-33H,8,10H2,1-6H3. The molecule has 2 aliphatic heterocycles. The van der Waals surface area contributed by atoms with Gasteiger partial charge >= 0.3 is 17.9 Å². The maximum absolute atomic E-state index is 13.5. The lowest BCUT2D eigenvalue weighted by Crippen LogP contribution is -2.78. The second kappa shape index (κ2) is 8.74. The molecule has 5 aliphatic rings. The van der Waals surface area contributed by atoms with E-state index in [1.54, 1.807) is 20.8 Å². The monoisotopic (exact) mass is 546 g/mol. The first-order chi connectivity index (χ1) is 18.2. The third-order valence-corrected chi connectivity index (χ3v) is 9.83. The molecule has 2 bridgehead atoms. The minimum absolute atomic E-state index is 0.0241. The predicted octanol–water partition coefficient (Wildman–Crippen LogP) is 1.07. The summed E-state index contributed by atoms with van der Waals surface area (Å²) in [7, 11) is 1.09. The average molecular weight is 547 g/mol. The number of aliphatic hydroxyl groups excluding tert-OH is 3. The molecule has 39 heavy (non-hydrogen) atoms. The van der Waals surface area contributed by atoms with E-state index in [9.17, 15) is 34.5 Å². The highest BCUT2D eigenvalue weighted by molar-refractivity contribution is 6.08. The largest absolute Gasteiger partial charge is 0.504 e. The molecular formula is C28H34O11. The van der Waals surface area contributed by atoms with E-state index in [1.807, 2.05) is 13.8 Å². The molecule has 2 saturated carbocycles. The first kappa shape index (κ1) is 27.5. The number of rotatable bonds is 4. The fourth-order valence-corrected chi connectivity index (χ4v) is 7.83. The van der Waals surface area contributed by atoms with Crippen LogP contribution in [0.1, 0.15) is 41.0 Å². The fraction of sp³-hybridized carbons (Fsp3) is 0.643. The number of allylic oxidation sites excluding steroid dienone is 3. The molecule has 212 valence electrons. The Morgan fingerprint density at radius 3 is 2.49 bits per heavy atom. The third kappa shape index (κ3) is 3.32. The van der Waals surface area contributed by atoms with E-state index in [-0.39, 0.29) is 24.5 Å². The minimum Gasteiger partial charge on any atom is -0.504 e. The molecule has 1 spiro atoms. The van der Waals surface area contributed by atoms with Gasteiger partial charge in [0.1, 0.15) is 12.2 Å². The van der Waals surface area contributed by atoms with Crippen LogP contribution in [0.5, 0.6) is 0 Å². The molecule has 11 nitrogen and oxygen atoms in total. The van der Waals surface area contributed by atoms with Crippen molar-refractivity contribution in [1.82, 2.24) is 0 Å². The zero-order valence-corrected chi connectivity index (χ0v) is 22.7. The summed E-state index contributed by atoms with van der Waals surface area (Å²) in [6, 6.07) is 0. The SMILES string of the molecule is COC(=O)C12OCC34C(CC5=C(C)C(=O)C(O)=CC5(C)C3C(O)C1O)OC(=O)C(OC(=O)C=C(C)C(C)C)C24. The zero-order chi connectivity index (χ0) is 28.8. The second-order valence-electron chi connectivity index (χ2n) is 11.9. The van der Waals surface area contributed by atoms with Crippen molar-refractivity contribution in [3.05, 3.63) is 34.6 Å². The Morgan fingerprint density at radius 2 is 1.87 bits per heavy atom. The van der Waals surface area contributed by atoms with Crippen molar-refractivity contribution in [2.24, 2.45) is 28.6 Å². The topological polar surface area (TPSA) is 166 Å². The molecule has 3 N–H and O–H groups in total. The second-order valence-corrected chi connectivity index (χ2v) is 11.9. The lowest BCUT2D eigenvalue weighted by molar-refractivity contribution is -0.272. The molecular weight excluding hydrogens is 512 g/mol. The van der Waals surface area contributed by atoms with Crippen molar-refractivity contribution in [1.29, 1.82) is 0 Å². The van der Waals surface area contributed by atoms with Crippen LogP contribution in [0.4, 0.5) is 0 Å². The molecule has 2 saturated heterocycles. The number of ketones is 1. The molecule has 0 amide bonds. The van der Waals surface area contributed by atoms with Gasteiger partial charge in [-0.2, -0.15) is 0 Å². The molecule has 3 aliphatic carbocycles. The van der Waals surface area contributed by atoms with Gasteiger partial charge in [0, 0.05) is 34.8 Å². The number of fused-ring (bicyclic) bond motifs is 2. The van der Waals surface area contributed by atoms with E-state index in [1.165, 1.54) is 12.2 Å². The maximum atomic E-state index is 13.5. The number of carbonyl (C=O) groups is 4. The summed E-state index contributed by atoms with van der Waals surface area (Å²) in [6.07, 6.45) is -3.55. The molecule has 9 unspecified atom stereocenters. The Labute approximate surface area is 225 Å². The van der Waals surface area contributed by atoms with Crippen LogP contribution in [-0.2, 0) is 38.1 Å². The van der Waals surface area contributed by atoms with Gasteiger partial charge in [-0.25, -0.2) is 14.4 Å². The lowest BCUT2D eigenvalue weighted by Gasteiger charge is -2.65. The van der Waals surface area contributed by atoms with Gasteiger partial charge < -0.3 is 34.3 Å². The normalized spacial score (nSPS) is 42.9. The Balaban J connectivity index is 1.73. The number of methoxy groups -OCH3 is 1. The molecule has 0 aromatic carbocycles. The summed E-state index contributed by atoms with van der Waals surface area (Å²) >= 11 is 0. The Morgan fingerprint density at radius 1 is 1.21 bits per heavy atom. The van der Waals surface area contributed by atoms with Gasteiger partial charge in [-0.05, 0) is 31.4 Å². The van der Waals surface area contributed by atoms with Gasteiger partial charge in [0.15, 0.2) is 5.76 Å². The minimum atomic E-state index is -2.24. The van der Waals surface area contributed by atoms with Crippen molar-refractivity contribution in [2.45, 2.75) is 71.1 Å². The number of ether oxygens (including phenoxy) is 4. The van der Waals surface area contributed by atoms with E-state index in [2.05, 4.69) is 0 Å². The summed E-state index contributed by atoms with van der Waals surface area (Å²) in [5, 5.41) is 33.8. The summed E-state index contributed by atoms with van der Waals surface area (Å²) in [5.41, 5.74) is -3.31. The number of aliphatic hydroxyl groups is 3. The van der Waals surface area contributed by atoms with Crippen LogP contribution in [0.25, 0.3) is 0 Å². The first-order valence-electron chi connectivity index (χ1n) is 13.0. The molecule has 4 fully saturated rings. The van der Waals surface area contributed by atoms with Crippen LogP contribution in [-0.4, -0.2) is 82.7 Å². The highest BCUT2D eigenvalue weighted by Crippen LogP contribution is 2.71. The fourth-order valence-electron chi connectivity index (χ4n) is 7.83. The molecule has 0 aromatic rings. The molecule has 0 aromatic heterocycles. The van der Waals surface area contributed by atoms with E-state index < -0.39 is 82.1 Å². The maximum Gasteiger partial charge on any atom is 0.348 e. The number of hydrogen-bond acceptors (Lipinski definition) is 11. The van der Waals surface area contributed by atoms with Crippen LogP contribution in [0.15, 0.2) is 34.6 Å². The van der Waals surface area contributed by atoms with Gasteiger partial charge in [0.2, 0.25) is 17.5 Å². The van der Waals surface area contributed by atoms with Gasteiger partial charge in [0.25, 0.3) is 0 Å². The van der Waals surface area contributed by atoms with Crippen LogP contribution < -0.4 is 0 Å². The highest BCUT2D eigenvalue weighted by atomic mass is 16.6. The zero-order valence-electron chi connectivity index (χ0n) is 22.7. The lowest BCUT2D eigenvalue weighted by atomic mass is 9.40. The molecule has 9 atom stereocenters. The van der Waals surface area contributed by atoms with Crippen LogP contribution >= 0.6 is 0 Å². The first-order valence-corrected chi connectivity index (χ1v) is 13.0. The smallest absolute Gasteiger partial charge is 0.348 e. The van der Waals surface area contributed by atoms with Crippen molar-refractivity contribution in [2.75, 3.05) is 13.7 Å². The van der Waals surface area contributed by atoms with Crippen molar-refractivity contribution >= 4 is 23.7 Å². The van der Waals surface area contributed by atoms with Gasteiger partial charge in [-0.15, -0.1) is 0 Å². The molecule has 11 heteroatoms. The molecule has 5 rings (SSSR count). The van der Waals surface area contributed by atoms with E-state index >= 15 is 0 Å². The number of carbonyl (C=O) groups excluding carboxylic acids is 4. The van der Waals surface area contributed by atoms with E-state index in [4.69, 9.17) is 18.9 Å².